The molecule has 2 aromatic heterocycles. The molecule has 106 valence electrons. The zero-order valence-electron chi connectivity index (χ0n) is 11.9. The number of benzene rings is 1. The molecule has 0 bridgehead atoms. The Kier molecular flexibility index (Phi) is 3.06. The van der Waals surface area contributed by atoms with Gasteiger partial charge in [0.25, 0.3) is 0 Å². The van der Waals surface area contributed by atoms with Crippen molar-refractivity contribution >= 4 is 28.4 Å². The third kappa shape index (κ3) is 2.20. The lowest BCUT2D eigenvalue weighted by molar-refractivity contribution is 0.947. The number of rotatable bonds is 3. The quantitative estimate of drug-likeness (QED) is 0.568. The van der Waals surface area contributed by atoms with Crippen molar-refractivity contribution in [2.75, 3.05) is 11.9 Å². The van der Waals surface area contributed by atoms with E-state index in [1.165, 1.54) is 0 Å². The number of hydrogen-bond acceptors (Lipinski definition) is 4. The van der Waals surface area contributed by atoms with Gasteiger partial charge in [0.2, 0.25) is 0 Å². The van der Waals surface area contributed by atoms with Crippen LogP contribution in [0, 0.1) is 5.41 Å². The predicted molar refractivity (Wildman–Crippen MR) is 84.0 cm³/mol. The Bertz CT molecular complexity index is 820. The minimum absolute atomic E-state index is 0.0502. The number of imidazole rings is 1. The van der Waals surface area contributed by atoms with Gasteiger partial charge >= 0.3 is 0 Å². The van der Waals surface area contributed by atoms with Crippen LogP contribution in [0.5, 0.6) is 0 Å². The fourth-order valence-corrected chi connectivity index (χ4v) is 2.30. The number of nitrogen functional groups attached to an aromatic ring is 1. The van der Waals surface area contributed by atoms with Crippen LogP contribution in [0.1, 0.15) is 5.56 Å². The smallest absolute Gasteiger partial charge is 0.160 e. The second-order valence-electron chi connectivity index (χ2n) is 4.88. The number of nitrogens with zero attached hydrogens (tertiary/aromatic N) is 4. The van der Waals surface area contributed by atoms with Crippen molar-refractivity contribution in [3.8, 4) is 0 Å². The highest BCUT2D eigenvalue weighted by molar-refractivity contribution is 5.96. The zero-order chi connectivity index (χ0) is 15.0. The molecular formula is C15H16N6. The van der Waals surface area contributed by atoms with Crippen molar-refractivity contribution in [3.05, 3.63) is 48.4 Å². The van der Waals surface area contributed by atoms with Crippen LogP contribution in [0.25, 0.3) is 11.0 Å². The van der Waals surface area contributed by atoms with Gasteiger partial charge in [-0.3, -0.25) is 5.41 Å². The summed E-state index contributed by atoms with van der Waals surface area (Å²) in [5, 5.41) is 7.54. The van der Waals surface area contributed by atoms with Gasteiger partial charge in [0.05, 0.1) is 11.8 Å². The third-order valence-corrected chi connectivity index (χ3v) is 3.49. The average Bonchev–Trinajstić information content (AvgIpc) is 2.88. The Hall–Kier alpha value is -2.89. The molecule has 0 aliphatic heterocycles. The summed E-state index contributed by atoms with van der Waals surface area (Å²) < 4.78 is 1.96. The van der Waals surface area contributed by atoms with Crippen LogP contribution in [0.4, 0.5) is 11.5 Å². The number of aromatic nitrogens is 3. The van der Waals surface area contributed by atoms with Crippen LogP contribution < -0.4 is 10.6 Å². The number of amidine groups is 1. The molecular weight excluding hydrogens is 264 g/mol. The number of hydrogen-bond donors (Lipinski definition) is 2. The largest absolute Gasteiger partial charge is 0.384 e. The molecule has 0 aliphatic rings. The maximum atomic E-state index is 7.54. The van der Waals surface area contributed by atoms with E-state index in [9.17, 15) is 0 Å². The van der Waals surface area contributed by atoms with Gasteiger partial charge in [-0.15, -0.1) is 0 Å². The molecule has 0 aliphatic carbocycles. The summed E-state index contributed by atoms with van der Waals surface area (Å²) in [6.07, 6.45) is 3.54. The van der Waals surface area contributed by atoms with E-state index in [4.69, 9.17) is 11.1 Å². The lowest BCUT2D eigenvalue weighted by Crippen LogP contribution is -2.15. The molecule has 1 aromatic carbocycles. The highest BCUT2D eigenvalue weighted by Crippen LogP contribution is 2.28. The second-order valence-corrected chi connectivity index (χ2v) is 4.88. The van der Waals surface area contributed by atoms with Crippen LogP contribution >= 0.6 is 0 Å². The van der Waals surface area contributed by atoms with E-state index < -0.39 is 0 Å². The SMILES string of the molecule is CN(c1cccc(C(=N)N)c1)c1nccc2c1ncn2C. The molecule has 0 radical (unpaired) electrons. The van der Waals surface area contributed by atoms with Crippen molar-refractivity contribution in [1.82, 2.24) is 14.5 Å². The van der Waals surface area contributed by atoms with Gasteiger partial charge in [0, 0.05) is 31.5 Å². The first-order chi connectivity index (χ1) is 10.1. The number of pyridine rings is 1. The molecule has 0 amide bonds. The van der Waals surface area contributed by atoms with Crippen molar-refractivity contribution in [2.45, 2.75) is 0 Å². The maximum absolute atomic E-state index is 7.54. The van der Waals surface area contributed by atoms with Crippen LogP contribution in [0.3, 0.4) is 0 Å². The monoisotopic (exact) mass is 280 g/mol. The number of nitrogens with one attached hydrogen (secondary N) is 1. The van der Waals surface area contributed by atoms with Gasteiger partial charge in [-0.2, -0.15) is 0 Å². The fraction of sp³-hybridized carbons (Fsp3) is 0.133. The Morgan fingerprint density at radius 2 is 2.10 bits per heavy atom. The summed E-state index contributed by atoms with van der Waals surface area (Å²) in [5.74, 6) is 0.822. The van der Waals surface area contributed by atoms with Crippen molar-refractivity contribution < 1.29 is 0 Å². The van der Waals surface area contributed by atoms with Gasteiger partial charge in [0.1, 0.15) is 11.4 Å². The van der Waals surface area contributed by atoms with Gasteiger partial charge in [0.15, 0.2) is 5.82 Å². The Morgan fingerprint density at radius 1 is 1.29 bits per heavy atom. The molecule has 3 N–H and O–H groups in total. The standard InChI is InChI=1S/C15H16N6/c1-20-9-19-13-12(20)6-7-18-15(13)21(2)11-5-3-4-10(8-11)14(16)17/h3-9H,1-2H3,(H3,16,17). The molecule has 3 rings (SSSR count). The number of nitrogens with two attached hydrogens (primary N) is 1. The summed E-state index contributed by atoms with van der Waals surface area (Å²) in [4.78, 5) is 10.8. The molecule has 3 aromatic rings. The normalized spacial score (nSPS) is 10.8. The summed E-state index contributed by atoms with van der Waals surface area (Å²) in [7, 11) is 3.88. The third-order valence-electron chi connectivity index (χ3n) is 3.49. The van der Waals surface area contributed by atoms with Crippen LogP contribution in [0.15, 0.2) is 42.9 Å². The first kappa shape index (κ1) is 13.1. The Labute approximate surface area is 122 Å². The minimum Gasteiger partial charge on any atom is -0.384 e. The Balaban J connectivity index is 2.10. The topological polar surface area (TPSA) is 83.8 Å². The minimum atomic E-state index is 0.0502. The lowest BCUT2D eigenvalue weighted by Gasteiger charge is -2.19. The molecule has 6 heteroatoms. The first-order valence-electron chi connectivity index (χ1n) is 6.52. The van der Waals surface area contributed by atoms with Crippen molar-refractivity contribution in [1.29, 1.82) is 5.41 Å². The van der Waals surface area contributed by atoms with E-state index >= 15 is 0 Å². The molecule has 0 saturated carbocycles. The highest BCUT2D eigenvalue weighted by Gasteiger charge is 2.13. The molecule has 2 heterocycles. The van der Waals surface area contributed by atoms with E-state index in [0.717, 1.165) is 22.5 Å². The van der Waals surface area contributed by atoms with Crippen LogP contribution in [0.2, 0.25) is 0 Å². The van der Waals surface area contributed by atoms with Crippen LogP contribution in [-0.4, -0.2) is 27.4 Å². The summed E-state index contributed by atoms with van der Waals surface area (Å²) in [5.41, 5.74) is 9.01. The molecule has 0 fully saturated rings. The second kappa shape index (κ2) is 4.90. The van der Waals surface area contributed by atoms with Gasteiger partial charge < -0.3 is 15.2 Å². The lowest BCUT2D eigenvalue weighted by atomic mass is 10.1. The van der Waals surface area contributed by atoms with E-state index in [1.54, 1.807) is 12.5 Å². The Morgan fingerprint density at radius 3 is 2.86 bits per heavy atom. The van der Waals surface area contributed by atoms with E-state index in [1.807, 2.05) is 53.9 Å². The summed E-state index contributed by atoms with van der Waals surface area (Å²) in [6.45, 7) is 0. The van der Waals surface area contributed by atoms with Gasteiger partial charge in [-0.05, 0) is 18.2 Å². The van der Waals surface area contributed by atoms with Gasteiger partial charge in [-0.25, -0.2) is 9.97 Å². The maximum Gasteiger partial charge on any atom is 0.160 e. The first-order valence-corrected chi connectivity index (χ1v) is 6.52. The number of fused-ring (bicyclic) bond motifs is 1. The number of anilines is 2. The molecule has 0 saturated heterocycles. The van der Waals surface area contributed by atoms with Crippen molar-refractivity contribution in [3.63, 3.8) is 0 Å². The van der Waals surface area contributed by atoms with Crippen LogP contribution in [-0.2, 0) is 7.05 Å². The summed E-state index contributed by atoms with van der Waals surface area (Å²) >= 11 is 0. The van der Waals surface area contributed by atoms with Gasteiger partial charge in [-0.1, -0.05) is 12.1 Å². The predicted octanol–water partition coefficient (Wildman–Crippen LogP) is 2.02. The molecule has 0 atom stereocenters. The molecule has 0 unspecified atom stereocenters. The highest BCUT2D eigenvalue weighted by atomic mass is 15.2. The average molecular weight is 280 g/mol. The molecule has 21 heavy (non-hydrogen) atoms. The van der Waals surface area contributed by atoms with Crippen molar-refractivity contribution in [2.24, 2.45) is 12.8 Å². The van der Waals surface area contributed by atoms with E-state index in [-0.39, 0.29) is 5.84 Å². The number of aryl methyl sites for hydroxylation is 1. The summed E-state index contributed by atoms with van der Waals surface area (Å²) in [6, 6.07) is 9.45. The zero-order valence-corrected chi connectivity index (χ0v) is 11.9. The van der Waals surface area contributed by atoms with E-state index in [2.05, 4.69) is 9.97 Å². The molecule has 0 spiro atoms. The fourth-order valence-electron chi connectivity index (χ4n) is 2.30. The van der Waals surface area contributed by atoms with E-state index in [0.29, 0.717) is 5.56 Å². The molecule has 6 nitrogen and oxygen atoms in total.